The Morgan fingerprint density at radius 1 is 1.12 bits per heavy atom. The lowest BCUT2D eigenvalue weighted by molar-refractivity contribution is -0.145. The Bertz CT molecular complexity index is 1840. The molecule has 2 aromatic carbocycles. The number of rotatable bonds is 6. The number of carbonyl (C=O) groups is 1. The minimum atomic E-state index is -4.70. The molecule has 2 aliphatic heterocycles. The van der Waals surface area contributed by atoms with Gasteiger partial charge in [0.2, 0.25) is 15.8 Å². The number of carboxylic acid groups (broad SMARTS) is 1. The van der Waals surface area contributed by atoms with Gasteiger partial charge in [0, 0.05) is 37.8 Å². The fourth-order valence-electron chi connectivity index (χ4n) is 6.40. The molecule has 6 rings (SSSR count). The molecule has 13 heteroatoms. The molecule has 0 bridgehead atoms. The number of carboxylic acids is 1. The van der Waals surface area contributed by atoms with E-state index in [1.165, 1.54) is 16.6 Å². The predicted octanol–water partition coefficient (Wildman–Crippen LogP) is 5.14. The van der Waals surface area contributed by atoms with Gasteiger partial charge in [0.05, 0.1) is 12.1 Å². The second-order valence-electron chi connectivity index (χ2n) is 11.2. The van der Waals surface area contributed by atoms with E-state index in [0.717, 1.165) is 34.9 Å². The maximum absolute atomic E-state index is 13.9. The van der Waals surface area contributed by atoms with Crippen LogP contribution < -0.4 is 4.90 Å². The zero-order chi connectivity index (χ0) is 30.7. The zero-order valence-corrected chi connectivity index (χ0v) is 24.4. The summed E-state index contributed by atoms with van der Waals surface area (Å²) in [6.07, 6.45) is -1.98. The average Bonchev–Trinajstić information content (AvgIpc) is 3.59. The van der Waals surface area contributed by atoms with E-state index >= 15 is 0 Å². The number of hydrogen-bond acceptors (Lipinski definition) is 6. The van der Waals surface area contributed by atoms with Crippen molar-refractivity contribution in [2.75, 3.05) is 18.0 Å². The number of fused-ring (bicyclic) bond motifs is 4. The Morgan fingerprint density at radius 3 is 2.63 bits per heavy atom. The van der Waals surface area contributed by atoms with Crippen LogP contribution in [0.4, 0.5) is 18.9 Å². The largest absolute Gasteiger partial charge is 0.481 e. The van der Waals surface area contributed by atoms with Gasteiger partial charge in [-0.3, -0.25) is 9.20 Å². The minimum absolute atomic E-state index is 0.0111. The van der Waals surface area contributed by atoms with Gasteiger partial charge in [0.15, 0.2) is 5.65 Å². The molecule has 4 aromatic rings. The molecular formula is C30H30F3N5O4S. The molecule has 1 N–H and O–H groups in total. The van der Waals surface area contributed by atoms with Crippen LogP contribution >= 0.6 is 0 Å². The summed E-state index contributed by atoms with van der Waals surface area (Å²) in [6, 6.07) is 14.0. The van der Waals surface area contributed by atoms with Gasteiger partial charge in [-0.1, -0.05) is 30.3 Å². The van der Waals surface area contributed by atoms with E-state index in [1.807, 2.05) is 31.2 Å². The van der Waals surface area contributed by atoms with E-state index in [1.54, 1.807) is 25.1 Å². The van der Waals surface area contributed by atoms with E-state index in [-0.39, 0.29) is 29.6 Å². The molecule has 1 unspecified atom stereocenters. The number of aliphatic carboxylic acids is 1. The molecule has 0 saturated carbocycles. The molecule has 0 aliphatic carbocycles. The number of hydrogen-bond donors (Lipinski definition) is 1. The highest BCUT2D eigenvalue weighted by Gasteiger charge is 2.40. The highest BCUT2D eigenvalue weighted by atomic mass is 32.2. The number of halogens is 3. The summed E-state index contributed by atoms with van der Waals surface area (Å²) >= 11 is 0. The van der Waals surface area contributed by atoms with Crippen LogP contribution in [0.2, 0.25) is 0 Å². The lowest BCUT2D eigenvalue weighted by atomic mass is 9.85. The fourth-order valence-corrected chi connectivity index (χ4v) is 8.05. The molecule has 0 spiro atoms. The van der Waals surface area contributed by atoms with Crippen LogP contribution in [0.15, 0.2) is 59.6 Å². The lowest BCUT2D eigenvalue weighted by Gasteiger charge is -2.27. The van der Waals surface area contributed by atoms with E-state index in [2.05, 4.69) is 15.1 Å². The van der Waals surface area contributed by atoms with Gasteiger partial charge in [-0.15, -0.1) is 10.2 Å². The summed E-state index contributed by atoms with van der Waals surface area (Å²) in [5.41, 5.74) is 3.77. The highest BCUT2D eigenvalue weighted by Crippen LogP contribution is 2.39. The summed E-state index contributed by atoms with van der Waals surface area (Å²) in [7, 11) is -3.83. The number of aryl methyl sites for hydroxylation is 2. The molecule has 226 valence electrons. The van der Waals surface area contributed by atoms with Gasteiger partial charge >= 0.3 is 12.1 Å². The Balaban J connectivity index is 1.40. The Labute approximate surface area is 246 Å². The van der Waals surface area contributed by atoms with Crippen LogP contribution in [0.1, 0.15) is 58.8 Å². The Kier molecular flexibility index (Phi) is 7.20. The van der Waals surface area contributed by atoms with Gasteiger partial charge in [0.25, 0.3) is 0 Å². The maximum Gasteiger partial charge on any atom is 0.452 e. The fraction of sp³-hybridized carbons (Fsp3) is 0.367. The number of aromatic nitrogens is 3. The Morgan fingerprint density at radius 2 is 1.88 bits per heavy atom. The average molecular weight is 614 g/mol. The van der Waals surface area contributed by atoms with E-state index in [4.69, 9.17) is 0 Å². The highest BCUT2D eigenvalue weighted by molar-refractivity contribution is 7.89. The van der Waals surface area contributed by atoms with E-state index in [0.29, 0.717) is 28.9 Å². The van der Waals surface area contributed by atoms with Gasteiger partial charge in [-0.25, -0.2) is 8.42 Å². The van der Waals surface area contributed by atoms with Gasteiger partial charge in [-0.05, 0) is 72.7 Å². The third-order valence-corrected chi connectivity index (χ3v) is 10.4. The molecule has 1 saturated heterocycles. The molecule has 9 nitrogen and oxygen atoms in total. The van der Waals surface area contributed by atoms with Crippen molar-refractivity contribution in [1.82, 2.24) is 18.9 Å². The summed E-state index contributed by atoms with van der Waals surface area (Å²) in [6.45, 7) is 4.67. The molecule has 2 aromatic heterocycles. The number of alkyl halides is 3. The molecule has 0 amide bonds. The first-order valence-electron chi connectivity index (χ1n) is 13.9. The normalized spacial score (nSPS) is 19.2. The summed E-state index contributed by atoms with van der Waals surface area (Å²) < 4.78 is 70.5. The molecule has 43 heavy (non-hydrogen) atoms. The quantitative estimate of drug-likeness (QED) is 0.321. The van der Waals surface area contributed by atoms with E-state index < -0.39 is 33.9 Å². The number of anilines is 1. The van der Waals surface area contributed by atoms with Crippen molar-refractivity contribution in [3.63, 3.8) is 0 Å². The zero-order valence-electron chi connectivity index (χ0n) is 23.5. The topological polar surface area (TPSA) is 108 Å². The number of benzene rings is 2. The van der Waals surface area contributed by atoms with Crippen LogP contribution in [0.5, 0.6) is 0 Å². The second kappa shape index (κ2) is 10.6. The first kappa shape index (κ1) is 29.1. The molecule has 4 heterocycles. The second-order valence-corrected chi connectivity index (χ2v) is 13.1. The van der Waals surface area contributed by atoms with Crippen LogP contribution in [0.3, 0.4) is 0 Å². The van der Waals surface area contributed by atoms with Crippen molar-refractivity contribution in [3.8, 4) is 0 Å². The standard InChI is InChI=1S/C30H30F3N5O4S/c1-18-9-10-20(24(15-27(39)40)23-11-13-38-28(19(23)2)34-35-29(38)30(31,32)33)14-21(18)16-36-17-22-6-5-12-37(22)25-7-3-4-8-26(25)43(36,41)42/h3-4,7-11,13-14,22,24H,5-6,12,15-17H2,1-2H3,(H,39,40)/t22-,24?/m1/s1. The van der Waals surface area contributed by atoms with Crippen LogP contribution in [-0.4, -0.2) is 57.5 Å². The van der Waals surface area contributed by atoms with Crippen molar-refractivity contribution in [2.45, 2.75) is 62.7 Å². The van der Waals surface area contributed by atoms with Gasteiger partial charge in [0.1, 0.15) is 4.90 Å². The lowest BCUT2D eigenvalue weighted by Crippen LogP contribution is -2.39. The van der Waals surface area contributed by atoms with Crippen molar-refractivity contribution < 1.29 is 31.5 Å². The third-order valence-electron chi connectivity index (χ3n) is 8.58. The minimum Gasteiger partial charge on any atom is -0.481 e. The third kappa shape index (κ3) is 5.14. The van der Waals surface area contributed by atoms with Crippen molar-refractivity contribution in [1.29, 1.82) is 0 Å². The monoisotopic (exact) mass is 613 g/mol. The van der Waals surface area contributed by atoms with Gasteiger partial charge < -0.3 is 10.0 Å². The molecule has 0 radical (unpaired) electrons. The summed E-state index contributed by atoms with van der Waals surface area (Å²) in [5.74, 6) is -2.97. The number of para-hydroxylation sites is 1. The summed E-state index contributed by atoms with van der Waals surface area (Å²) in [4.78, 5) is 14.5. The molecule has 2 aliphatic rings. The van der Waals surface area contributed by atoms with Crippen LogP contribution in [-0.2, 0) is 27.5 Å². The number of nitrogens with zero attached hydrogens (tertiary/aromatic N) is 5. The molecular weight excluding hydrogens is 583 g/mol. The molecule has 2 atom stereocenters. The van der Waals surface area contributed by atoms with Crippen LogP contribution in [0.25, 0.3) is 5.65 Å². The first-order valence-corrected chi connectivity index (χ1v) is 15.4. The van der Waals surface area contributed by atoms with Gasteiger partial charge in [-0.2, -0.15) is 17.5 Å². The first-order chi connectivity index (χ1) is 20.4. The van der Waals surface area contributed by atoms with Crippen molar-refractivity contribution in [3.05, 3.63) is 88.4 Å². The SMILES string of the molecule is Cc1ccc(C(CC(=O)O)c2ccn3c(C(F)(F)F)nnc3c2C)cc1CN1C[C@H]2CCCN2c2ccccc2S1(=O)=O. The number of pyridine rings is 1. The number of sulfonamides is 1. The smallest absolute Gasteiger partial charge is 0.452 e. The summed E-state index contributed by atoms with van der Waals surface area (Å²) in [5, 5.41) is 16.9. The van der Waals surface area contributed by atoms with Crippen molar-refractivity contribution in [2.24, 2.45) is 0 Å². The predicted molar refractivity (Wildman–Crippen MR) is 152 cm³/mol. The van der Waals surface area contributed by atoms with Crippen LogP contribution in [0, 0.1) is 13.8 Å². The molecule has 1 fully saturated rings. The Hall–Kier alpha value is -3.97. The maximum atomic E-state index is 13.9. The van der Waals surface area contributed by atoms with Crippen molar-refractivity contribution >= 4 is 27.3 Å². The van der Waals surface area contributed by atoms with E-state index in [9.17, 15) is 31.5 Å².